The lowest BCUT2D eigenvalue weighted by molar-refractivity contribution is 0.0945. The van der Waals surface area contributed by atoms with E-state index in [4.69, 9.17) is 0 Å². The highest BCUT2D eigenvalue weighted by molar-refractivity contribution is 5.92. The molecular formula is C18H20FN5O. The van der Waals surface area contributed by atoms with Crippen LogP contribution in [0.3, 0.4) is 0 Å². The van der Waals surface area contributed by atoms with Gasteiger partial charge in [-0.25, -0.2) is 14.4 Å². The van der Waals surface area contributed by atoms with Crippen molar-refractivity contribution in [1.82, 2.24) is 15.3 Å². The Bertz CT molecular complexity index is 737. The quantitative estimate of drug-likeness (QED) is 0.919. The summed E-state index contributed by atoms with van der Waals surface area (Å²) in [4.78, 5) is 25.0. The molecule has 6 nitrogen and oxygen atoms in total. The fraction of sp³-hybridized carbons (Fsp3) is 0.389. The average Bonchev–Trinajstić information content (AvgIpc) is 3.47. The molecule has 0 unspecified atom stereocenters. The molecule has 7 heteroatoms. The standard InChI is InChI=1S/C18H20FN5O/c19-13-1-5-15(6-2-13)23-7-9-24(10-8-23)17-12-20-16(11-21-17)18(25)22-14-3-4-14/h1-2,5-6,11-12,14H,3-4,7-10H2,(H,22,25). The molecule has 1 saturated carbocycles. The topological polar surface area (TPSA) is 61.4 Å². The van der Waals surface area contributed by atoms with Crippen LogP contribution in [0.4, 0.5) is 15.9 Å². The minimum absolute atomic E-state index is 0.150. The zero-order chi connectivity index (χ0) is 17.2. The number of hydrogen-bond acceptors (Lipinski definition) is 5. The van der Waals surface area contributed by atoms with Crippen LogP contribution in [0, 0.1) is 5.82 Å². The molecule has 1 aliphatic carbocycles. The highest BCUT2D eigenvalue weighted by atomic mass is 19.1. The summed E-state index contributed by atoms with van der Waals surface area (Å²) in [5, 5.41) is 2.91. The Hall–Kier alpha value is -2.70. The van der Waals surface area contributed by atoms with Crippen LogP contribution in [0.15, 0.2) is 36.7 Å². The Labute approximate surface area is 145 Å². The van der Waals surface area contributed by atoms with Gasteiger partial charge in [0.15, 0.2) is 0 Å². The highest BCUT2D eigenvalue weighted by Crippen LogP contribution is 2.20. The fourth-order valence-electron chi connectivity index (χ4n) is 2.93. The monoisotopic (exact) mass is 341 g/mol. The third kappa shape index (κ3) is 3.70. The fourth-order valence-corrected chi connectivity index (χ4v) is 2.93. The zero-order valence-electron chi connectivity index (χ0n) is 13.9. The van der Waals surface area contributed by atoms with Crippen molar-refractivity contribution in [3.8, 4) is 0 Å². The molecule has 0 bridgehead atoms. The first-order valence-electron chi connectivity index (χ1n) is 8.57. The number of hydrogen-bond donors (Lipinski definition) is 1. The minimum atomic E-state index is -0.219. The SMILES string of the molecule is O=C(NC1CC1)c1cnc(N2CCN(c3ccc(F)cc3)CC2)cn1. The summed E-state index contributed by atoms with van der Waals surface area (Å²) in [6.07, 6.45) is 5.31. The molecule has 25 heavy (non-hydrogen) atoms. The van der Waals surface area contributed by atoms with Gasteiger partial charge in [0.2, 0.25) is 0 Å². The molecule has 1 aromatic heterocycles. The van der Waals surface area contributed by atoms with Gasteiger partial charge in [-0.3, -0.25) is 4.79 Å². The van der Waals surface area contributed by atoms with Crippen LogP contribution >= 0.6 is 0 Å². The third-order valence-corrected chi connectivity index (χ3v) is 4.58. The van der Waals surface area contributed by atoms with E-state index in [0.29, 0.717) is 11.7 Å². The number of aromatic nitrogens is 2. The first-order chi connectivity index (χ1) is 12.2. The number of nitrogens with zero attached hydrogens (tertiary/aromatic N) is 4. The molecular weight excluding hydrogens is 321 g/mol. The van der Waals surface area contributed by atoms with Crippen molar-refractivity contribution in [3.05, 3.63) is 48.2 Å². The summed E-state index contributed by atoms with van der Waals surface area (Å²) >= 11 is 0. The molecule has 2 aromatic rings. The van der Waals surface area contributed by atoms with Crippen LogP contribution in [0.2, 0.25) is 0 Å². The first kappa shape index (κ1) is 15.8. The van der Waals surface area contributed by atoms with Crippen molar-refractivity contribution in [2.24, 2.45) is 0 Å². The number of halogens is 1. The second kappa shape index (κ2) is 6.66. The molecule has 0 radical (unpaired) electrons. The molecule has 1 amide bonds. The first-order valence-corrected chi connectivity index (χ1v) is 8.57. The van der Waals surface area contributed by atoms with Gasteiger partial charge < -0.3 is 15.1 Å². The van der Waals surface area contributed by atoms with E-state index in [1.165, 1.54) is 12.1 Å². The number of anilines is 2. The molecule has 1 aliphatic heterocycles. The summed E-state index contributed by atoms with van der Waals surface area (Å²) in [7, 11) is 0. The summed E-state index contributed by atoms with van der Waals surface area (Å²) in [5.41, 5.74) is 1.39. The van der Waals surface area contributed by atoms with Crippen LogP contribution in [-0.2, 0) is 0 Å². The van der Waals surface area contributed by atoms with Gasteiger partial charge in [0.1, 0.15) is 17.3 Å². The predicted molar refractivity (Wildman–Crippen MR) is 93.3 cm³/mol. The molecule has 0 spiro atoms. The van der Waals surface area contributed by atoms with E-state index in [9.17, 15) is 9.18 Å². The second-order valence-electron chi connectivity index (χ2n) is 6.46. The van der Waals surface area contributed by atoms with Crippen molar-refractivity contribution < 1.29 is 9.18 Å². The second-order valence-corrected chi connectivity index (χ2v) is 6.46. The number of benzene rings is 1. The molecule has 0 atom stereocenters. The Morgan fingerprint density at radius 2 is 1.68 bits per heavy atom. The van der Waals surface area contributed by atoms with Gasteiger partial charge in [0.05, 0.1) is 12.4 Å². The minimum Gasteiger partial charge on any atom is -0.368 e. The van der Waals surface area contributed by atoms with Crippen LogP contribution in [0.5, 0.6) is 0 Å². The van der Waals surface area contributed by atoms with Crippen molar-refractivity contribution in [1.29, 1.82) is 0 Å². The summed E-state index contributed by atoms with van der Waals surface area (Å²) in [6, 6.07) is 6.89. The molecule has 130 valence electrons. The molecule has 1 N–H and O–H groups in total. The molecule has 2 fully saturated rings. The largest absolute Gasteiger partial charge is 0.368 e. The van der Waals surface area contributed by atoms with Crippen LogP contribution < -0.4 is 15.1 Å². The van der Waals surface area contributed by atoms with E-state index in [1.54, 1.807) is 24.5 Å². The zero-order valence-corrected chi connectivity index (χ0v) is 13.9. The van der Waals surface area contributed by atoms with E-state index in [1.807, 2.05) is 0 Å². The Kier molecular flexibility index (Phi) is 4.21. The normalized spacial score (nSPS) is 17.5. The number of rotatable bonds is 4. The number of amides is 1. The Morgan fingerprint density at radius 3 is 2.28 bits per heavy atom. The molecule has 1 saturated heterocycles. The lowest BCUT2D eigenvalue weighted by atomic mass is 10.2. The van der Waals surface area contributed by atoms with E-state index >= 15 is 0 Å². The Morgan fingerprint density at radius 1 is 1.00 bits per heavy atom. The summed E-state index contributed by atoms with van der Waals surface area (Å²) in [5.74, 6) is 0.410. The van der Waals surface area contributed by atoms with Crippen LogP contribution in [0.25, 0.3) is 0 Å². The highest BCUT2D eigenvalue weighted by Gasteiger charge is 2.25. The molecule has 2 aliphatic rings. The molecule has 2 heterocycles. The van der Waals surface area contributed by atoms with Gasteiger partial charge in [-0.1, -0.05) is 0 Å². The van der Waals surface area contributed by atoms with E-state index < -0.39 is 0 Å². The predicted octanol–water partition coefficient (Wildman–Crippen LogP) is 1.83. The van der Waals surface area contributed by atoms with Crippen LogP contribution in [-0.4, -0.2) is 48.1 Å². The van der Waals surface area contributed by atoms with Gasteiger partial charge in [0, 0.05) is 37.9 Å². The number of nitrogens with one attached hydrogen (secondary N) is 1. The average molecular weight is 341 g/mol. The summed E-state index contributed by atoms with van der Waals surface area (Å²) in [6.45, 7) is 3.27. The maximum atomic E-state index is 13.0. The van der Waals surface area contributed by atoms with Crippen molar-refractivity contribution in [2.45, 2.75) is 18.9 Å². The lowest BCUT2D eigenvalue weighted by Crippen LogP contribution is -2.46. The third-order valence-electron chi connectivity index (χ3n) is 4.58. The number of carbonyl (C=O) groups excluding carboxylic acids is 1. The van der Waals surface area contributed by atoms with Gasteiger partial charge >= 0.3 is 0 Å². The number of piperazine rings is 1. The van der Waals surface area contributed by atoms with Gasteiger partial charge in [-0.2, -0.15) is 0 Å². The number of carbonyl (C=O) groups is 1. The summed E-state index contributed by atoms with van der Waals surface area (Å²) < 4.78 is 13.0. The van der Waals surface area contributed by atoms with Gasteiger partial charge in [-0.15, -0.1) is 0 Å². The van der Waals surface area contributed by atoms with Crippen molar-refractivity contribution in [3.63, 3.8) is 0 Å². The van der Waals surface area contributed by atoms with E-state index in [-0.39, 0.29) is 11.7 Å². The van der Waals surface area contributed by atoms with Crippen LogP contribution in [0.1, 0.15) is 23.3 Å². The van der Waals surface area contributed by atoms with E-state index in [0.717, 1.165) is 50.5 Å². The maximum Gasteiger partial charge on any atom is 0.271 e. The lowest BCUT2D eigenvalue weighted by Gasteiger charge is -2.36. The molecule has 4 rings (SSSR count). The Balaban J connectivity index is 1.35. The van der Waals surface area contributed by atoms with Crippen molar-refractivity contribution in [2.75, 3.05) is 36.0 Å². The smallest absolute Gasteiger partial charge is 0.271 e. The van der Waals surface area contributed by atoms with Gasteiger partial charge in [-0.05, 0) is 37.1 Å². The van der Waals surface area contributed by atoms with Crippen molar-refractivity contribution >= 4 is 17.4 Å². The molecule has 1 aromatic carbocycles. The van der Waals surface area contributed by atoms with E-state index in [2.05, 4.69) is 25.1 Å². The maximum absolute atomic E-state index is 13.0. The van der Waals surface area contributed by atoms with Gasteiger partial charge in [0.25, 0.3) is 5.91 Å².